The number of nitrogens with one attached hydrogen (secondary N) is 2. The molecule has 2 N–H and O–H groups in total. The zero-order valence-corrected chi connectivity index (χ0v) is 21.3. The summed E-state index contributed by atoms with van der Waals surface area (Å²) in [4.78, 5) is 8.13. The van der Waals surface area contributed by atoms with E-state index < -0.39 is 0 Å². The molecule has 1 fully saturated rings. The first-order valence-electron chi connectivity index (χ1n) is 10.1. The first kappa shape index (κ1) is 25.0. The van der Waals surface area contributed by atoms with Gasteiger partial charge in [0, 0.05) is 44.7 Å². The smallest absolute Gasteiger partial charge is 0.191 e. The van der Waals surface area contributed by atoms with Crippen LogP contribution in [0.15, 0.2) is 52.4 Å². The molecular weight excluding hydrogens is 507 g/mol. The van der Waals surface area contributed by atoms with Gasteiger partial charge in [-0.25, -0.2) is 0 Å². The summed E-state index contributed by atoms with van der Waals surface area (Å²) in [7, 11) is 1.81. The number of hydrogen-bond acceptors (Lipinski definition) is 4. The first-order valence-corrected chi connectivity index (χ1v) is 11.4. The molecule has 2 aromatic rings. The average Bonchev–Trinajstić information content (AvgIpc) is 2.75. The van der Waals surface area contributed by atoms with E-state index in [0.29, 0.717) is 0 Å². The van der Waals surface area contributed by atoms with E-state index in [9.17, 15) is 0 Å². The Morgan fingerprint density at radius 3 is 2.53 bits per heavy atom. The second-order valence-corrected chi connectivity index (χ2v) is 8.15. The van der Waals surface area contributed by atoms with Crippen molar-refractivity contribution in [1.29, 1.82) is 0 Å². The molecular formula is C23H33IN4OS. The summed E-state index contributed by atoms with van der Waals surface area (Å²) in [6, 6.07) is 15.4. The Morgan fingerprint density at radius 1 is 1.07 bits per heavy atom. The van der Waals surface area contributed by atoms with E-state index in [2.05, 4.69) is 76.2 Å². The summed E-state index contributed by atoms with van der Waals surface area (Å²) in [5, 5.41) is 6.87. The average molecular weight is 541 g/mol. The quantitative estimate of drug-likeness (QED) is 0.241. The van der Waals surface area contributed by atoms with E-state index >= 15 is 0 Å². The van der Waals surface area contributed by atoms with Gasteiger partial charge in [-0.05, 0) is 41.5 Å². The van der Waals surface area contributed by atoms with E-state index in [1.807, 2.05) is 7.05 Å². The number of morpholine rings is 1. The van der Waals surface area contributed by atoms with Gasteiger partial charge in [-0.2, -0.15) is 0 Å². The van der Waals surface area contributed by atoms with E-state index in [-0.39, 0.29) is 24.0 Å². The fraction of sp³-hybridized carbons (Fsp3) is 0.435. The number of nitrogens with zero attached hydrogens (tertiary/aromatic N) is 2. The minimum Gasteiger partial charge on any atom is -0.379 e. The van der Waals surface area contributed by atoms with Crippen LogP contribution in [0.5, 0.6) is 0 Å². The van der Waals surface area contributed by atoms with Gasteiger partial charge in [-0.3, -0.25) is 9.89 Å². The number of aliphatic imine (C=N–C) groups is 1. The van der Waals surface area contributed by atoms with Gasteiger partial charge in [0.1, 0.15) is 0 Å². The summed E-state index contributed by atoms with van der Waals surface area (Å²) in [6.07, 6.45) is 2.12. The van der Waals surface area contributed by atoms with Gasteiger partial charge in [0.25, 0.3) is 0 Å². The van der Waals surface area contributed by atoms with Crippen LogP contribution in [-0.4, -0.2) is 50.5 Å². The molecule has 0 radical (unpaired) electrons. The standard InChI is InChI=1S/C23H32N4OS.HI/c1-18-7-8-21(22(13-18)29-3)16-26-23(24-2)25-15-19-5-4-6-20(14-19)17-27-9-11-28-12-10-27;/h4-8,13-14H,9-12,15-17H2,1-3H3,(H2,24,25,26);1H. The monoisotopic (exact) mass is 540 g/mol. The van der Waals surface area contributed by atoms with Crippen molar-refractivity contribution in [2.75, 3.05) is 39.6 Å². The lowest BCUT2D eigenvalue weighted by Gasteiger charge is -2.26. The summed E-state index contributed by atoms with van der Waals surface area (Å²) in [6.45, 7) is 8.31. The predicted molar refractivity (Wildman–Crippen MR) is 138 cm³/mol. The van der Waals surface area contributed by atoms with Crippen LogP contribution < -0.4 is 10.6 Å². The molecule has 2 aromatic carbocycles. The highest BCUT2D eigenvalue weighted by molar-refractivity contribution is 14.0. The van der Waals surface area contributed by atoms with Gasteiger partial charge in [0.2, 0.25) is 0 Å². The summed E-state index contributed by atoms with van der Waals surface area (Å²) in [5.74, 6) is 0.816. The minimum absolute atomic E-state index is 0. The Hall–Kier alpha value is -1.29. The number of halogens is 1. The van der Waals surface area contributed by atoms with Crippen LogP contribution >= 0.6 is 35.7 Å². The number of rotatable bonds is 7. The van der Waals surface area contributed by atoms with Crippen molar-refractivity contribution in [3.63, 3.8) is 0 Å². The zero-order chi connectivity index (χ0) is 20.5. The summed E-state index contributed by atoms with van der Waals surface area (Å²) >= 11 is 1.78. The largest absolute Gasteiger partial charge is 0.379 e. The third kappa shape index (κ3) is 7.76. The van der Waals surface area contributed by atoms with E-state index in [4.69, 9.17) is 4.74 Å². The second-order valence-electron chi connectivity index (χ2n) is 7.30. The fourth-order valence-electron chi connectivity index (χ4n) is 3.44. The van der Waals surface area contributed by atoms with Crippen LogP contribution in [0.1, 0.15) is 22.3 Å². The molecule has 0 saturated carbocycles. The first-order chi connectivity index (χ1) is 14.2. The molecule has 1 saturated heterocycles. The lowest BCUT2D eigenvalue weighted by atomic mass is 10.1. The maximum atomic E-state index is 5.44. The topological polar surface area (TPSA) is 48.9 Å². The third-order valence-electron chi connectivity index (χ3n) is 5.07. The van der Waals surface area contributed by atoms with Gasteiger partial charge in [0.05, 0.1) is 13.2 Å². The van der Waals surface area contributed by atoms with Crippen molar-refractivity contribution >= 4 is 41.7 Å². The number of thioether (sulfide) groups is 1. The lowest BCUT2D eigenvalue weighted by molar-refractivity contribution is 0.0342. The SMILES string of the molecule is CN=C(NCc1cccc(CN2CCOCC2)c1)NCc1ccc(C)cc1SC.I. The van der Waals surface area contributed by atoms with E-state index in [0.717, 1.165) is 51.9 Å². The van der Waals surface area contributed by atoms with Crippen LogP contribution in [-0.2, 0) is 24.4 Å². The molecule has 7 heteroatoms. The number of hydrogen-bond donors (Lipinski definition) is 2. The van der Waals surface area contributed by atoms with Gasteiger partial charge in [-0.15, -0.1) is 35.7 Å². The van der Waals surface area contributed by atoms with Crippen LogP contribution in [0.2, 0.25) is 0 Å². The highest BCUT2D eigenvalue weighted by Gasteiger charge is 2.11. The third-order valence-corrected chi connectivity index (χ3v) is 5.89. The second kappa shape index (κ2) is 13.2. The number of benzene rings is 2. The summed E-state index contributed by atoms with van der Waals surface area (Å²) in [5.41, 5.74) is 5.19. The highest BCUT2D eigenvalue weighted by atomic mass is 127. The summed E-state index contributed by atoms with van der Waals surface area (Å²) < 4.78 is 5.44. The van der Waals surface area contributed by atoms with Crippen molar-refractivity contribution < 1.29 is 4.74 Å². The molecule has 0 spiro atoms. The van der Waals surface area contributed by atoms with Crippen molar-refractivity contribution in [3.05, 3.63) is 64.7 Å². The van der Waals surface area contributed by atoms with Crippen molar-refractivity contribution in [2.45, 2.75) is 31.5 Å². The number of ether oxygens (including phenoxy) is 1. The molecule has 5 nitrogen and oxygen atoms in total. The van der Waals surface area contributed by atoms with Gasteiger partial charge >= 0.3 is 0 Å². The van der Waals surface area contributed by atoms with Crippen molar-refractivity contribution in [2.24, 2.45) is 4.99 Å². The van der Waals surface area contributed by atoms with Gasteiger partial charge in [-0.1, -0.05) is 36.4 Å². The highest BCUT2D eigenvalue weighted by Crippen LogP contribution is 2.21. The predicted octanol–water partition coefficient (Wildman–Crippen LogP) is 4.03. The van der Waals surface area contributed by atoms with Gasteiger partial charge < -0.3 is 15.4 Å². The molecule has 0 amide bonds. The molecule has 0 unspecified atom stereocenters. The molecule has 30 heavy (non-hydrogen) atoms. The van der Waals surface area contributed by atoms with Crippen LogP contribution in [0.4, 0.5) is 0 Å². The van der Waals surface area contributed by atoms with Crippen LogP contribution in [0.3, 0.4) is 0 Å². The Kier molecular flexibility index (Phi) is 11.0. The van der Waals surface area contributed by atoms with Crippen LogP contribution in [0, 0.1) is 6.92 Å². The molecule has 3 rings (SSSR count). The Morgan fingerprint density at radius 2 is 1.80 bits per heavy atom. The number of aryl methyl sites for hydroxylation is 1. The Labute approximate surface area is 202 Å². The molecule has 1 aliphatic heterocycles. The molecule has 0 aliphatic carbocycles. The molecule has 164 valence electrons. The van der Waals surface area contributed by atoms with E-state index in [1.165, 1.54) is 27.1 Å². The molecule has 1 heterocycles. The Bertz CT molecular complexity index is 825. The van der Waals surface area contributed by atoms with E-state index in [1.54, 1.807) is 11.8 Å². The Balaban J connectivity index is 0.00000320. The van der Waals surface area contributed by atoms with Crippen molar-refractivity contribution in [3.8, 4) is 0 Å². The maximum Gasteiger partial charge on any atom is 0.191 e. The molecule has 1 aliphatic rings. The minimum atomic E-state index is 0. The zero-order valence-electron chi connectivity index (χ0n) is 18.1. The van der Waals surface area contributed by atoms with Gasteiger partial charge in [0.15, 0.2) is 5.96 Å². The fourth-order valence-corrected chi connectivity index (χ4v) is 4.14. The molecule has 0 bridgehead atoms. The molecule has 0 atom stereocenters. The van der Waals surface area contributed by atoms with Crippen molar-refractivity contribution in [1.82, 2.24) is 15.5 Å². The number of guanidine groups is 1. The maximum absolute atomic E-state index is 5.44. The molecule has 0 aromatic heterocycles. The lowest BCUT2D eigenvalue weighted by Crippen LogP contribution is -2.36. The van der Waals surface area contributed by atoms with Crippen LogP contribution in [0.25, 0.3) is 0 Å². The normalized spacial score (nSPS) is 14.8.